The number of alkyl halides is 2. The summed E-state index contributed by atoms with van der Waals surface area (Å²) >= 11 is 0. The van der Waals surface area contributed by atoms with Gasteiger partial charge in [0.15, 0.2) is 5.78 Å². The molecular formula is C27H31F2N3O5. The van der Waals surface area contributed by atoms with Crippen LogP contribution in [0.5, 0.6) is 17.2 Å². The lowest BCUT2D eigenvalue weighted by atomic mass is 9.93. The zero-order valence-electron chi connectivity index (χ0n) is 20.7. The van der Waals surface area contributed by atoms with Gasteiger partial charge >= 0.3 is 6.61 Å². The highest BCUT2D eigenvalue weighted by atomic mass is 19.3. The third-order valence-electron chi connectivity index (χ3n) is 7.05. The van der Waals surface area contributed by atoms with E-state index < -0.39 is 6.61 Å². The number of pyridine rings is 1. The third-order valence-corrected chi connectivity index (χ3v) is 7.05. The molecule has 198 valence electrons. The van der Waals surface area contributed by atoms with E-state index in [9.17, 15) is 13.6 Å². The summed E-state index contributed by atoms with van der Waals surface area (Å²) in [5, 5.41) is 0. The van der Waals surface area contributed by atoms with Gasteiger partial charge in [0.1, 0.15) is 35.1 Å². The van der Waals surface area contributed by atoms with E-state index in [1.165, 1.54) is 13.2 Å². The molecule has 1 aliphatic heterocycles. The van der Waals surface area contributed by atoms with Crippen molar-refractivity contribution in [3.63, 3.8) is 0 Å². The van der Waals surface area contributed by atoms with Gasteiger partial charge in [0.2, 0.25) is 0 Å². The van der Waals surface area contributed by atoms with Crippen LogP contribution in [-0.4, -0.2) is 54.8 Å². The van der Waals surface area contributed by atoms with Gasteiger partial charge < -0.3 is 24.7 Å². The average Bonchev–Trinajstić information content (AvgIpc) is 3.61. The maximum atomic E-state index is 13.3. The number of carbonyl (C=O) groups excluding carboxylic acids is 1. The fourth-order valence-corrected chi connectivity index (χ4v) is 4.79. The number of nitrogens with zero attached hydrogens (tertiary/aromatic N) is 2. The number of rotatable bonds is 11. The van der Waals surface area contributed by atoms with E-state index in [1.54, 1.807) is 35.0 Å². The van der Waals surface area contributed by atoms with Crippen LogP contribution in [0.1, 0.15) is 42.5 Å². The molecule has 0 spiro atoms. The van der Waals surface area contributed by atoms with Gasteiger partial charge in [-0.1, -0.05) is 0 Å². The third kappa shape index (κ3) is 5.86. The van der Waals surface area contributed by atoms with Crippen molar-refractivity contribution >= 4 is 11.4 Å². The molecule has 0 amide bonds. The largest absolute Gasteiger partial charge is 0.496 e. The lowest BCUT2D eigenvalue weighted by molar-refractivity contribution is -0.0502. The Morgan fingerprint density at radius 2 is 1.95 bits per heavy atom. The monoisotopic (exact) mass is 515 g/mol. The van der Waals surface area contributed by atoms with Crippen LogP contribution in [0.15, 0.2) is 36.7 Å². The van der Waals surface area contributed by atoms with E-state index in [-0.39, 0.29) is 41.2 Å². The smallest absolute Gasteiger partial charge is 0.387 e. The second kappa shape index (κ2) is 11.0. The second-order valence-corrected chi connectivity index (χ2v) is 9.66. The number of imidazole rings is 1. The molecule has 5 rings (SSSR count). The maximum Gasteiger partial charge on any atom is 0.387 e. The van der Waals surface area contributed by atoms with E-state index in [0.717, 1.165) is 38.9 Å². The van der Waals surface area contributed by atoms with Crippen LogP contribution in [0, 0.1) is 11.8 Å². The quantitative estimate of drug-likeness (QED) is 0.369. The molecule has 3 aromatic rings. The Morgan fingerprint density at radius 1 is 1.19 bits per heavy atom. The fraction of sp³-hybridized carbons (Fsp3) is 0.481. The Morgan fingerprint density at radius 3 is 2.65 bits per heavy atom. The molecule has 2 aromatic heterocycles. The van der Waals surface area contributed by atoms with Crippen LogP contribution in [0.4, 0.5) is 8.78 Å². The van der Waals surface area contributed by atoms with Gasteiger partial charge in [0.25, 0.3) is 0 Å². The number of ketones is 1. The van der Waals surface area contributed by atoms with Gasteiger partial charge in [-0.15, -0.1) is 0 Å². The maximum absolute atomic E-state index is 13.3. The van der Waals surface area contributed by atoms with E-state index in [0.29, 0.717) is 35.2 Å². The minimum absolute atomic E-state index is 0.0452. The van der Waals surface area contributed by atoms with Gasteiger partial charge in [0, 0.05) is 43.5 Å². The van der Waals surface area contributed by atoms with Gasteiger partial charge in [-0.3, -0.25) is 9.20 Å². The van der Waals surface area contributed by atoms with E-state index in [2.05, 4.69) is 4.98 Å². The number of methoxy groups -OCH3 is 1. The zero-order valence-corrected chi connectivity index (χ0v) is 20.7. The van der Waals surface area contributed by atoms with Gasteiger partial charge in [-0.05, 0) is 55.7 Å². The van der Waals surface area contributed by atoms with Crippen LogP contribution >= 0.6 is 0 Å². The summed E-state index contributed by atoms with van der Waals surface area (Å²) in [7, 11) is 1.41. The predicted molar refractivity (Wildman–Crippen MR) is 132 cm³/mol. The molecule has 10 heteroatoms. The molecule has 1 aliphatic carbocycles. The number of Topliss-reactive ketones (excluding diaryl/α,β-unsaturated/α-hetero) is 1. The van der Waals surface area contributed by atoms with E-state index in [4.69, 9.17) is 24.7 Å². The van der Waals surface area contributed by atoms with Crippen molar-refractivity contribution in [1.82, 2.24) is 9.38 Å². The molecule has 1 saturated heterocycles. The molecule has 1 saturated carbocycles. The Hall–Kier alpha value is -3.24. The molecule has 37 heavy (non-hydrogen) atoms. The zero-order chi connectivity index (χ0) is 25.9. The summed E-state index contributed by atoms with van der Waals surface area (Å²) in [4.78, 5) is 17.3. The summed E-state index contributed by atoms with van der Waals surface area (Å²) in [6.07, 6.45) is 7.49. The topological polar surface area (TPSA) is 97.3 Å². The summed E-state index contributed by atoms with van der Waals surface area (Å²) in [6.45, 7) is -1.24. The van der Waals surface area contributed by atoms with Gasteiger partial charge in [-0.2, -0.15) is 8.78 Å². The van der Waals surface area contributed by atoms with E-state index in [1.807, 2.05) is 0 Å². The highest BCUT2D eigenvalue weighted by Crippen LogP contribution is 2.40. The first-order valence-electron chi connectivity index (χ1n) is 12.6. The van der Waals surface area contributed by atoms with Crippen molar-refractivity contribution in [2.45, 2.75) is 44.8 Å². The molecule has 1 unspecified atom stereocenters. The van der Waals surface area contributed by atoms with Gasteiger partial charge in [-0.25, -0.2) is 4.98 Å². The molecule has 0 radical (unpaired) electrons. The van der Waals surface area contributed by atoms with Gasteiger partial charge in [0.05, 0.1) is 19.0 Å². The Labute approximate surface area is 213 Å². The van der Waals surface area contributed by atoms with Crippen molar-refractivity contribution in [1.29, 1.82) is 0 Å². The van der Waals surface area contributed by atoms with Crippen molar-refractivity contribution in [2.24, 2.45) is 17.6 Å². The highest BCUT2D eigenvalue weighted by molar-refractivity contribution is 6.02. The van der Waals surface area contributed by atoms with Crippen molar-refractivity contribution in [2.75, 3.05) is 26.9 Å². The number of fused-ring (bicyclic) bond motifs is 1. The number of carbonyl (C=O) groups is 1. The summed E-state index contributed by atoms with van der Waals surface area (Å²) < 4.78 is 49.9. The predicted octanol–water partition coefficient (Wildman–Crippen LogP) is 4.73. The molecule has 2 fully saturated rings. The van der Waals surface area contributed by atoms with Crippen LogP contribution < -0.4 is 19.9 Å². The normalized spacial score (nSPS) is 17.2. The average molecular weight is 516 g/mol. The summed E-state index contributed by atoms with van der Waals surface area (Å²) in [6, 6.07) is 6.60. The molecule has 1 atom stereocenters. The molecular weight excluding hydrogens is 484 g/mol. The Kier molecular flexibility index (Phi) is 7.57. The Bertz CT molecular complexity index is 1250. The van der Waals surface area contributed by atoms with Crippen molar-refractivity contribution in [3.8, 4) is 28.5 Å². The van der Waals surface area contributed by atoms with E-state index >= 15 is 0 Å². The lowest BCUT2D eigenvalue weighted by Crippen LogP contribution is -2.38. The number of aromatic nitrogens is 2. The fourth-order valence-electron chi connectivity index (χ4n) is 4.79. The van der Waals surface area contributed by atoms with Crippen LogP contribution in [0.2, 0.25) is 0 Å². The van der Waals surface area contributed by atoms with Crippen molar-refractivity contribution in [3.05, 3.63) is 42.2 Å². The first-order valence-corrected chi connectivity index (χ1v) is 12.6. The van der Waals surface area contributed by atoms with Crippen LogP contribution in [-0.2, 0) is 4.74 Å². The number of hydrogen-bond donors (Lipinski definition) is 1. The number of ether oxygens (including phenoxy) is 4. The summed E-state index contributed by atoms with van der Waals surface area (Å²) in [5.41, 5.74) is 8.13. The minimum Gasteiger partial charge on any atom is -0.496 e. The minimum atomic E-state index is -3.08. The molecule has 0 bridgehead atoms. The molecule has 3 heterocycles. The van der Waals surface area contributed by atoms with Crippen molar-refractivity contribution < 1.29 is 32.5 Å². The first-order chi connectivity index (χ1) is 17.9. The highest BCUT2D eigenvalue weighted by Gasteiger charge is 2.30. The molecule has 1 aromatic carbocycles. The first kappa shape index (κ1) is 25.4. The SMILES string of the molecule is COc1cc(-c2cnc3cc(OCC(N)C4CCOCC4)ccn23)cc(OC(F)F)c1C(=O)CC1CC1. The number of hydrogen-bond acceptors (Lipinski definition) is 7. The molecule has 2 aliphatic rings. The number of nitrogens with two attached hydrogens (primary N) is 1. The van der Waals surface area contributed by atoms with Crippen LogP contribution in [0.3, 0.4) is 0 Å². The second-order valence-electron chi connectivity index (χ2n) is 9.66. The number of halogens is 2. The molecule has 2 N–H and O–H groups in total. The summed E-state index contributed by atoms with van der Waals surface area (Å²) in [5.74, 6) is 1.02. The lowest BCUT2D eigenvalue weighted by Gasteiger charge is -2.27. The van der Waals surface area contributed by atoms with Crippen LogP contribution in [0.25, 0.3) is 16.9 Å². The number of benzene rings is 1. The standard InChI is InChI=1S/C27H31F2N3O5/c1-34-23-11-18(12-24(37-27(28)29)26(23)22(33)10-16-2-3-16)21-14-31-25-13-19(4-7-32(21)25)36-15-20(30)17-5-8-35-9-6-17/h4,7,11-14,16-17,20,27H,2-3,5-6,8-10,15,30H2,1H3. The molecule has 8 nitrogen and oxygen atoms in total. The Balaban J connectivity index is 1.40.